The molecule has 1 rings (SSSR count). The van der Waals surface area contributed by atoms with Crippen molar-refractivity contribution in [3.8, 4) is 0 Å². The average molecular weight is 254 g/mol. The molecule has 0 aromatic rings. The zero-order valence-electron chi connectivity index (χ0n) is 11.7. The maximum absolute atomic E-state index is 12.8. The van der Waals surface area contributed by atoms with E-state index >= 15 is 0 Å². The van der Waals surface area contributed by atoms with Crippen molar-refractivity contribution in [2.45, 2.75) is 52.4 Å². The average Bonchev–Trinajstić information content (AvgIpc) is 2.28. The Labute approximate surface area is 110 Å². The quantitative estimate of drug-likeness (QED) is 0.730. The van der Waals surface area contributed by atoms with E-state index in [9.17, 15) is 4.39 Å². The van der Waals surface area contributed by atoms with Gasteiger partial charge in [0.2, 0.25) is 0 Å². The molecule has 1 aliphatic rings. The maximum Gasteiger partial charge on any atom is 0.0922 e. The van der Waals surface area contributed by atoms with Gasteiger partial charge in [0.25, 0.3) is 0 Å². The van der Waals surface area contributed by atoms with Gasteiger partial charge in [0.1, 0.15) is 0 Å². The zero-order chi connectivity index (χ0) is 13.5. The highest BCUT2D eigenvalue weighted by molar-refractivity contribution is 5.86. The Hall–Kier alpha value is -0.860. The summed E-state index contributed by atoms with van der Waals surface area (Å²) in [7, 11) is 0. The van der Waals surface area contributed by atoms with Gasteiger partial charge in [-0.25, -0.2) is 0 Å². The van der Waals surface area contributed by atoms with Crippen LogP contribution in [-0.2, 0) is 0 Å². The van der Waals surface area contributed by atoms with Gasteiger partial charge in [0.15, 0.2) is 0 Å². The SMILES string of the molecule is CC(C)CC(=N)C1CCCC(CF)CC/C1=C/N. The van der Waals surface area contributed by atoms with Crippen LogP contribution >= 0.6 is 0 Å². The molecule has 1 saturated carbocycles. The van der Waals surface area contributed by atoms with Gasteiger partial charge in [0.05, 0.1) is 6.67 Å². The van der Waals surface area contributed by atoms with Gasteiger partial charge in [-0.1, -0.05) is 20.3 Å². The molecular formula is C15H27FN2. The fourth-order valence-electron chi connectivity index (χ4n) is 2.82. The number of hydrogen-bond donors (Lipinski definition) is 2. The highest BCUT2D eigenvalue weighted by Crippen LogP contribution is 2.31. The molecular weight excluding hydrogens is 227 g/mol. The predicted molar refractivity (Wildman–Crippen MR) is 75.5 cm³/mol. The van der Waals surface area contributed by atoms with E-state index in [0.29, 0.717) is 5.92 Å². The molecule has 1 aliphatic carbocycles. The lowest BCUT2D eigenvalue weighted by Gasteiger charge is -2.27. The van der Waals surface area contributed by atoms with E-state index in [2.05, 4.69) is 13.8 Å². The second-order valence-corrected chi connectivity index (χ2v) is 5.91. The van der Waals surface area contributed by atoms with Crippen LogP contribution in [0, 0.1) is 23.2 Å². The Balaban J connectivity index is 2.68. The smallest absolute Gasteiger partial charge is 0.0922 e. The fraction of sp³-hybridized carbons (Fsp3) is 0.800. The number of halogens is 1. The molecule has 0 saturated heterocycles. The number of nitrogens with one attached hydrogen (secondary N) is 1. The van der Waals surface area contributed by atoms with E-state index in [4.69, 9.17) is 11.1 Å². The number of allylic oxidation sites excluding steroid dienone is 1. The molecule has 18 heavy (non-hydrogen) atoms. The molecule has 0 aromatic heterocycles. The number of alkyl halides is 1. The number of nitrogens with two attached hydrogens (primary N) is 1. The van der Waals surface area contributed by atoms with Crippen molar-refractivity contribution >= 4 is 5.71 Å². The number of rotatable bonds is 4. The van der Waals surface area contributed by atoms with E-state index in [1.807, 2.05) is 0 Å². The standard InChI is InChI=1S/C15H27FN2/c1-11(2)8-15(18)14-5-3-4-12(9-16)6-7-13(14)10-17/h10-12,14,18H,3-9,17H2,1-2H3/b13-10-,18-15?. The normalized spacial score (nSPS) is 28.1. The molecule has 0 bridgehead atoms. The first-order valence-corrected chi connectivity index (χ1v) is 7.12. The second-order valence-electron chi connectivity index (χ2n) is 5.91. The minimum Gasteiger partial charge on any atom is -0.405 e. The first kappa shape index (κ1) is 15.2. The van der Waals surface area contributed by atoms with Crippen molar-refractivity contribution in [3.05, 3.63) is 11.8 Å². The van der Waals surface area contributed by atoms with Crippen molar-refractivity contribution in [1.82, 2.24) is 0 Å². The monoisotopic (exact) mass is 254 g/mol. The largest absolute Gasteiger partial charge is 0.405 e. The van der Waals surface area contributed by atoms with Crippen LogP contribution in [0.15, 0.2) is 11.8 Å². The highest BCUT2D eigenvalue weighted by Gasteiger charge is 2.23. The molecule has 3 heteroatoms. The topological polar surface area (TPSA) is 49.9 Å². The van der Waals surface area contributed by atoms with Crippen molar-refractivity contribution in [2.24, 2.45) is 23.5 Å². The van der Waals surface area contributed by atoms with Gasteiger partial charge in [-0.05, 0) is 55.7 Å². The van der Waals surface area contributed by atoms with Crippen molar-refractivity contribution in [1.29, 1.82) is 5.41 Å². The molecule has 3 N–H and O–H groups in total. The maximum atomic E-state index is 12.8. The van der Waals surface area contributed by atoms with Crippen LogP contribution in [0.5, 0.6) is 0 Å². The Morgan fingerprint density at radius 1 is 1.44 bits per heavy atom. The highest BCUT2D eigenvalue weighted by atomic mass is 19.1. The summed E-state index contributed by atoms with van der Waals surface area (Å²) in [5.74, 6) is 0.915. The summed E-state index contributed by atoms with van der Waals surface area (Å²) in [6.45, 7) is 4.07. The summed E-state index contributed by atoms with van der Waals surface area (Å²) in [5, 5.41) is 8.24. The molecule has 104 valence electrons. The van der Waals surface area contributed by atoms with Gasteiger partial charge < -0.3 is 11.1 Å². The van der Waals surface area contributed by atoms with E-state index in [0.717, 1.165) is 49.8 Å². The van der Waals surface area contributed by atoms with Crippen molar-refractivity contribution in [3.63, 3.8) is 0 Å². The summed E-state index contributed by atoms with van der Waals surface area (Å²) in [6, 6.07) is 0. The summed E-state index contributed by atoms with van der Waals surface area (Å²) < 4.78 is 12.8. The molecule has 0 heterocycles. The Morgan fingerprint density at radius 2 is 2.17 bits per heavy atom. The van der Waals surface area contributed by atoms with E-state index in [1.165, 1.54) is 0 Å². The van der Waals surface area contributed by atoms with Crippen LogP contribution in [-0.4, -0.2) is 12.4 Å². The van der Waals surface area contributed by atoms with Crippen LogP contribution in [0.1, 0.15) is 52.4 Å². The molecule has 0 aromatic carbocycles. The third-order valence-electron chi connectivity index (χ3n) is 3.88. The lowest BCUT2D eigenvalue weighted by molar-refractivity contribution is 0.304. The summed E-state index contributed by atoms with van der Waals surface area (Å²) in [6.07, 6.45) is 7.18. The van der Waals surface area contributed by atoms with Crippen LogP contribution in [0.4, 0.5) is 4.39 Å². The van der Waals surface area contributed by atoms with Gasteiger partial charge >= 0.3 is 0 Å². The van der Waals surface area contributed by atoms with Crippen molar-refractivity contribution in [2.75, 3.05) is 6.67 Å². The second kappa shape index (κ2) is 7.55. The molecule has 0 aliphatic heterocycles. The Morgan fingerprint density at radius 3 is 2.72 bits per heavy atom. The lowest BCUT2D eigenvalue weighted by Crippen LogP contribution is -2.22. The third-order valence-corrected chi connectivity index (χ3v) is 3.88. The van der Waals surface area contributed by atoms with Crippen molar-refractivity contribution < 1.29 is 4.39 Å². The van der Waals surface area contributed by atoms with Gasteiger partial charge in [-0.15, -0.1) is 0 Å². The number of hydrogen-bond acceptors (Lipinski definition) is 2. The molecule has 2 atom stereocenters. The fourth-order valence-corrected chi connectivity index (χ4v) is 2.82. The van der Waals surface area contributed by atoms with Crippen LogP contribution in [0.3, 0.4) is 0 Å². The van der Waals surface area contributed by atoms with E-state index in [-0.39, 0.29) is 18.5 Å². The first-order chi connectivity index (χ1) is 8.58. The van der Waals surface area contributed by atoms with Crippen LogP contribution < -0.4 is 5.73 Å². The van der Waals surface area contributed by atoms with E-state index < -0.39 is 0 Å². The van der Waals surface area contributed by atoms with Gasteiger partial charge in [-0.3, -0.25) is 4.39 Å². The molecule has 0 radical (unpaired) electrons. The summed E-state index contributed by atoms with van der Waals surface area (Å²) in [4.78, 5) is 0. The Kier molecular flexibility index (Phi) is 6.37. The molecule has 2 nitrogen and oxygen atoms in total. The van der Waals surface area contributed by atoms with E-state index in [1.54, 1.807) is 6.20 Å². The molecule has 1 fully saturated rings. The Bertz CT molecular complexity index is 297. The van der Waals surface area contributed by atoms with Gasteiger partial charge in [-0.2, -0.15) is 0 Å². The van der Waals surface area contributed by atoms with Gasteiger partial charge in [0, 0.05) is 11.6 Å². The molecule has 0 amide bonds. The first-order valence-electron chi connectivity index (χ1n) is 7.12. The minimum absolute atomic E-state index is 0.195. The summed E-state index contributed by atoms with van der Waals surface area (Å²) >= 11 is 0. The van der Waals surface area contributed by atoms with Crippen LogP contribution in [0.25, 0.3) is 0 Å². The minimum atomic E-state index is -0.216. The predicted octanol–water partition coefficient (Wildman–Crippen LogP) is 4.06. The lowest BCUT2D eigenvalue weighted by atomic mass is 9.79. The molecule has 0 spiro atoms. The van der Waals surface area contributed by atoms with Crippen LogP contribution in [0.2, 0.25) is 0 Å². The molecule has 2 unspecified atom stereocenters. The summed E-state index contributed by atoms with van der Waals surface area (Å²) in [5.41, 5.74) is 7.67. The third kappa shape index (κ3) is 4.43. The zero-order valence-corrected chi connectivity index (χ0v) is 11.7.